The standard InChI is InChI=1S/C15H20ClNO/c1-11-6-7-12(15(16)8-11)9-14(18)10-17-13-4-2-3-5-13/h6-8,13,17H,2-5,9-10H2,1H3. The Morgan fingerprint density at radius 3 is 2.78 bits per heavy atom. The van der Waals surface area contributed by atoms with Crippen LogP contribution in [-0.2, 0) is 11.2 Å². The van der Waals surface area contributed by atoms with E-state index in [9.17, 15) is 4.79 Å². The van der Waals surface area contributed by atoms with Gasteiger partial charge in [-0.3, -0.25) is 4.79 Å². The molecule has 0 heterocycles. The van der Waals surface area contributed by atoms with Gasteiger partial charge in [0, 0.05) is 17.5 Å². The lowest BCUT2D eigenvalue weighted by Crippen LogP contribution is -2.32. The van der Waals surface area contributed by atoms with Gasteiger partial charge >= 0.3 is 0 Å². The molecule has 0 amide bonds. The summed E-state index contributed by atoms with van der Waals surface area (Å²) in [6, 6.07) is 6.40. The lowest BCUT2D eigenvalue weighted by molar-refractivity contribution is -0.117. The van der Waals surface area contributed by atoms with E-state index in [4.69, 9.17) is 11.6 Å². The van der Waals surface area contributed by atoms with Gasteiger partial charge in [-0.15, -0.1) is 0 Å². The maximum Gasteiger partial charge on any atom is 0.151 e. The predicted molar refractivity (Wildman–Crippen MR) is 75.2 cm³/mol. The Labute approximate surface area is 114 Å². The lowest BCUT2D eigenvalue weighted by atomic mass is 10.1. The van der Waals surface area contributed by atoms with Crippen molar-refractivity contribution in [2.45, 2.75) is 45.1 Å². The first kappa shape index (κ1) is 13.6. The Morgan fingerprint density at radius 1 is 1.39 bits per heavy atom. The van der Waals surface area contributed by atoms with Crippen LogP contribution in [0, 0.1) is 6.92 Å². The fraction of sp³-hybridized carbons (Fsp3) is 0.533. The van der Waals surface area contributed by atoms with Gasteiger partial charge in [0.15, 0.2) is 5.78 Å². The van der Waals surface area contributed by atoms with Gasteiger partial charge in [0.1, 0.15) is 0 Å². The third-order valence-electron chi connectivity index (χ3n) is 3.54. The normalized spacial score (nSPS) is 16.1. The summed E-state index contributed by atoms with van der Waals surface area (Å²) in [6.45, 7) is 2.47. The van der Waals surface area contributed by atoms with Crippen LogP contribution in [0.25, 0.3) is 0 Å². The van der Waals surface area contributed by atoms with Crippen molar-refractivity contribution < 1.29 is 4.79 Å². The molecule has 2 rings (SSSR count). The molecule has 0 spiro atoms. The van der Waals surface area contributed by atoms with E-state index in [2.05, 4.69) is 5.32 Å². The third-order valence-corrected chi connectivity index (χ3v) is 3.89. The largest absolute Gasteiger partial charge is 0.307 e. The summed E-state index contributed by atoms with van der Waals surface area (Å²) in [4.78, 5) is 11.9. The molecule has 0 saturated heterocycles. The number of nitrogens with one attached hydrogen (secondary N) is 1. The van der Waals surface area contributed by atoms with E-state index in [-0.39, 0.29) is 5.78 Å². The van der Waals surface area contributed by atoms with Crippen LogP contribution in [0.2, 0.25) is 5.02 Å². The molecule has 0 unspecified atom stereocenters. The summed E-state index contributed by atoms with van der Waals surface area (Å²) in [7, 11) is 0. The summed E-state index contributed by atoms with van der Waals surface area (Å²) in [5, 5.41) is 4.04. The van der Waals surface area contributed by atoms with Crippen molar-refractivity contribution in [1.29, 1.82) is 0 Å². The molecule has 0 bridgehead atoms. The quantitative estimate of drug-likeness (QED) is 0.885. The van der Waals surface area contributed by atoms with Crippen LogP contribution in [-0.4, -0.2) is 18.4 Å². The zero-order chi connectivity index (χ0) is 13.0. The highest BCUT2D eigenvalue weighted by Gasteiger charge is 2.15. The Kier molecular flexibility index (Phi) is 4.79. The lowest BCUT2D eigenvalue weighted by Gasteiger charge is -2.11. The van der Waals surface area contributed by atoms with Gasteiger partial charge < -0.3 is 5.32 Å². The number of Topliss-reactive ketones (excluding diaryl/α,β-unsaturated/α-hetero) is 1. The Morgan fingerprint density at radius 2 is 2.11 bits per heavy atom. The van der Waals surface area contributed by atoms with E-state index in [0.29, 0.717) is 24.0 Å². The molecule has 3 heteroatoms. The van der Waals surface area contributed by atoms with Crippen molar-refractivity contribution >= 4 is 17.4 Å². The summed E-state index contributed by atoms with van der Waals surface area (Å²) in [5.41, 5.74) is 2.06. The SMILES string of the molecule is Cc1ccc(CC(=O)CNC2CCCC2)c(Cl)c1. The van der Waals surface area contributed by atoms with Crippen molar-refractivity contribution in [2.75, 3.05) is 6.54 Å². The van der Waals surface area contributed by atoms with E-state index in [1.807, 2.05) is 25.1 Å². The monoisotopic (exact) mass is 265 g/mol. The van der Waals surface area contributed by atoms with Crippen LogP contribution < -0.4 is 5.32 Å². The zero-order valence-electron chi connectivity index (χ0n) is 10.8. The molecule has 1 aromatic carbocycles. The number of carbonyl (C=O) groups excluding carboxylic acids is 1. The number of ketones is 1. The van der Waals surface area contributed by atoms with Gasteiger partial charge in [0.05, 0.1) is 6.54 Å². The summed E-state index contributed by atoms with van der Waals surface area (Å²) < 4.78 is 0. The van der Waals surface area contributed by atoms with Crippen molar-refractivity contribution in [1.82, 2.24) is 5.32 Å². The van der Waals surface area contributed by atoms with Crippen molar-refractivity contribution in [3.05, 3.63) is 34.3 Å². The minimum Gasteiger partial charge on any atom is -0.307 e. The molecule has 2 nitrogen and oxygen atoms in total. The zero-order valence-corrected chi connectivity index (χ0v) is 11.6. The van der Waals surface area contributed by atoms with Crippen LogP contribution in [0.3, 0.4) is 0 Å². The van der Waals surface area contributed by atoms with Gasteiger partial charge in [-0.1, -0.05) is 36.6 Å². The average Bonchev–Trinajstić information content (AvgIpc) is 2.83. The molecule has 0 radical (unpaired) electrons. The first-order chi connectivity index (χ1) is 8.65. The summed E-state index contributed by atoms with van der Waals surface area (Å²) >= 11 is 6.13. The molecule has 0 aliphatic heterocycles. The Bertz CT molecular complexity index is 425. The highest BCUT2D eigenvalue weighted by Crippen LogP contribution is 2.19. The molecule has 18 heavy (non-hydrogen) atoms. The molecular formula is C15H20ClNO. The first-order valence-corrected chi connectivity index (χ1v) is 7.03. The minimum atomic E-state index is 0.215. The second-order valence-electron chi connectivity index (χ2n) is 5.17. The molecule has 1 aromatic rings. The molecule has 1 fully saturated rings. The van der Waals surface area contributed by atoms with E-state index < -0.39 is 0 Å². The van der Waals surface area contributed by atoms with Crippen LogP contribution in [0.5, 0.6) is 0 Å². The van der Waals surface area contributed by atoms with E-state index >= 15 is 0 Å². The predicted octanol–water partition coefficient (Wildman–Crippen LogP) is 3.29. The number of carbonyl (C=O) groups is 1. The first-order valence-electron chi connectivity index (χ1n) is 6.65. The van der Waals surface area contributed by atoms with E-state index in [0.717, 1.165) is 11.1 Å². The van der Waals surface area contributed by atoms with Gasteiger partial charge in [-0.2, -0.15) is 0 Å². The number of hydrogen-bond acceptors (Lipinski definition) is 2. The maximum absolute atomic E-state index is 11.9. The number of aryl methyl sites for hydroxylation is 1. The fourth-order valence-corrected chi connectivity index (χ4v) is 2.76. The molecule has 0 aromatic heterocycles. The number of halogens is 1. The van der Waals surface area contributed by atoms with Crippen LogP contribution in [0.1, 0.15) is 36.8 Å². The van der Waals surface area contributed by atoms with Gasteiger partial charge in [0.2, 0.25) is 0 Å². The molecule has 1 aliphatic carbocycles. The van der Waals surface area contributed by atoms with Crippen molar-refractivity contribution in [3.63, 3.8) is 0 Å². The van der Waals surface area contributed by atoms with E-state index in [1.54, 1.807) is 0 Å². The van der Waals surface area contributed by atoms with Gasteiger partial charge in [-0.05, 0) is 37.0 Å². The number of hydrogen-bond donors (Lipinski definition) is 1. The fourth-order valence-electron chi connectivity index (χ4n) is 2.46. The Balaban J connectivity index is 1.82. The minimum absolute atomic E-state index is 0.215. The smallest absolute Gasteiger partial charge is 0.151 e. The van der Waals surface area contributed by atoms with Crippen molar-refractivity contribution in [2.24, 2.45) is 0 Å². The van der Waals surface area contributed by atoms with Crippen LogP contribution >= 0.6 is 11.6 Å². The molecular weight excluding hydrogens is 246 g/mol. The molecule has 1 aliphatic rings. The second kappa shape index (κ2) is 6.35. The second-order valence-corrected chi connectivity index (χ2v) is 5.58. The number of rotatable bonds is 5. The Hall–Kier alpha value is -0.860. The van der Waals surface area contributed by atoms with Gasteiger partial charge in [0.25, 0.3) is 0 Å². The summed E-state index contributed by atoms with van der Waals surface area (Å²) in [5.74, 6) is 0.215. The number of benzene rings is 1. The molecule has 0 atom stereocenters. The highest BCUT2D eigenvalue weighted by atomic mass is 35.5. The average molecular weight is 266 g/mol. The topological polar surface area (TPSA) is 29.1 Å². The van der Waals surface area contributed by atoms with Crippen LogP contribution in [0.15, 0.2) is 18.2 Å². The van der Waals surface area contributed by atoms with Crippen LogP contribution in [0.4, 0.5) is 0 Å². The molecule has 1 saturated carbocycles. The molecule has 98 valence electrons. The third kappa shape index (κ3) is 3.82. The maximum atomic E-state index is 11.9. The molecule has 1 N–H and O–H groups in total. The van der Waals surface area contributed by atoms with Crippen molar-refractivity contribution in [3.8, 4) is 0 Å². The summed E-state index contributed by atoms with van der Waals surface area (Å²) in [6.07, 6.45) is 5.42. The highest BCUT2D eigenvalue weighted by molar-refractivity contribution is 6.31. The van der Waals surface area contributed by atoms with Gasteiger partial charge in [-0.25, -0.2) is 0 Å². The van der Waals surface area contributed by atoms with E-state index in [1.165, 1.54) is 25.7 Å².